The van der Waals surface area contributed by atoms with Crippen LogP contribution >= 0.6 is 0 Å². The fourth-order valence-corrected chi connectivity index (χ4v) is 4.67. The monoisotopic (exact) mass is 416 g/mol. The Morgan fingerprint density at radius 2 is 1.71 bits per heavy atom. The van der Waals surface area contributed by atoms with Gasteiger partial charge in [-0.1, -0.05) is 30.3 Å². The summed E-state index contributed by atoms with van der Waals surface area (Å²) in [7, 11) is 0. The first kappa shape index (κ1) is 19.8. The van der Waals surface area contributed by atoms with E-state index in [1.807, 2.05) is 55.1 Å². The first-order valence-corrected chi connectivity index (χ1v) is 11.1. The van der Waals surface area contributed by atoms with Gasteiger partial charge in [0.05, 0.1) is 22.6 Å². The van der Waals surface area contributed by atoms with E-state index in [2.05, 4.69) is 22.0 Å². The number of benzene rings is 2. The number of anilines is 1. The number of piperazine rings is 1. The molecule has 0 atom stereocenters. The van der Waals surface area contributed by atoms with Crippen LogP contribution in [0.2, 0.25) is 0 Å². The number of nitrogens with zero attached hydrogens (tertiary/aromatic N) is 4. The third-order valence-corrected chi connectivity index (χ3v) is 6.74. The normalized spacial score (nSPS) is 17.9. The Morgan fingerprint density at radius 1 is 1.00 bits per heavy atom. The van der Waals surface area contributed by atoms with E-state index in [1.165, 1.54) is 0 Å². The van der Waals surface area contributed by atoms with Gasteiger partial charge in [0.15, 0.2) is 0 Å². The Labute approximate surface area is 182 Å². The molecule has 6 heteroatoms. The lowest BCUT2D eigenvalue weighted by Gasteiger charge is -2.38. The van der Waals surface area contributed by atoms with E-state index in [0.29, 0.717) is 18.5 Å². The standard InChI is InChI=1S/C25H28N4O2/c1-18(2)29-17-26-22-16-20(8-9-21(22)23(29)30)27-12-14-28(15-13-27)24(31)25(10-11-25)19-6-4-3-5-7-19/h3-9,16-18H,10-15H2,1-2H3. The van der Waals surface area contributed by atoms with Crippen molar-refractivity contribution in [3.63, 3.8) is 0 Å². The molecule has 3 aromatic rings. The van der Waals surface area contributed by atoms with Gasteiger partial charge in [0.1, 0.15) is 0 Å². The average Bonchev–Trinajstić information content (AvgIpc) is 3.61. The highest BCUT2D eigenvalue weighted by molar-refractivity contribution is 5.91. The van der Waals surface area contributed by atoms with Crippen LogP contribution in [-0.2, 0) is 10.2 Å². The first-order valence-electron chi connectivity index (χ1n) is 11.1. The lowest BCUT2D eigenvalue weighted by atomic mass is 9.94. The van der Waals surface area contributed by atoms with Gasteiger partial charge in [-0.3, -0.25) is 14.2 Å². The number of aromatic nitrogens is 2. The van der Waals surface area contributed by atoms with Crippen LogP contribution < -0.4 is 10.5 Å². The molecule has 160 valence electrons. The molecule has 6 nitrogen and oxygen atoms in total. The Morgan fingerprint density at radius 3 is 2.35 bits per heavy atom. The van der Waals surface area contributed by atoms with Gasteiger partial charge < -0.3 is 9.80 Å². The van der Waals surface area contributed by atoms with Crippen molar-refractivity contribution in [1.29, 1.82) is 0 Å². The van der Waals surface area contributed by atoms with Gasteiger partial charge in [-0.15, -0.1) is 0 Å². The quantitative estimate of drug-likeness (QED) is 0.654. The second-order valence-electron chi connectivity index (χ2n) is 8.98. The van der Waals surface area contributed by atoms with Crippen molar-refractivity contribution in [2.24, 2.45) is 0 Å². The summed E-state index contributed by atoms with van der Waals surface area (Å²) in [4.78, 5) is 34.8. The van der Waals surface area contributed by atoms with Crippen LogP contribution in [0, 0.1) is 0 Å². The molecule has 0 unspecified atom stereocenters. The van der Waals surface area contributed by atoms with E-state index < -0.39 is 0 Å². The molecule has 0 N–H and O–H groups in total. The van der Waals surface area contributed by atoms with Crippen molar-refractivity contribution < 1.29 is 4.79 Å². The highest BCUT2D eigenvalue weighted by Gasteiger charge is 2.53. The van der Waals surface area contributed by atoms with E-state index in [1.54, 1.807) is 10.9 Å². The summed E-state index contributed by atoms with van der Waals surface area (Å²) < 4.78 is 1.66. The third kappa shape index (κ3) is 3.40. The number of carbonyl (C=O) groups excluding carboxylic acids is 1. The molecule has 1 saturated heterocycles. The molecule has 0 radical (unpaired) electrons. The Kier molecular flexibility index (Phi) is 4.80. The molecule has 1 amide bonds. The third-order valence-electron chi connectivity index (χ3n) is 6.74. The van der Waals surface area contributed by atoms with Crippen LogP contribution in [0.3, 0.4) is 0 Å². The second kappa shape index (κ2) is 7.52. The molecule has 2 heterocycles. The smallest absolute Gasteiger partial charge is 0.261 e. The van der Waals surface area contributed by atoms with Crippen LogP contribution in [0.25, 0.3) is 10.9 Å². The van der Waals surface area contributed by atoms with E-state index in [9.17, 15) is 9.59 Å². The van der Waals surface area contributed by atoms with Gasteiger partial charge in [-0.25, -0.2) is 4.98 Å². The lowest BCUT2D eigenvalue weighted by molar-refractivity contribution is -0.134. The van der Waals surface area contributed by atoms with Crippen molar-refractivity contribution in [3.05, 3.63) is 70.8 Å². The SMILES string of the molecule is CC(C)n1cnc2cc(N3CCN(C(=O)C4(c5ccccc5)CC4)CC3)ccc2c1=O. The maximum Gasteiger partial charge on any atom is 0.261 e. The van der Waals surface area contributed by atoms with Crippen molar-refractivity contribution >= 4 is 22.5 Å². The minimum Gasteiger partial charge on any atom is -0.368 e. The summed E-state index contributed by atoms with van der Waals surface area (Å²) in [5.74, 6) is 0.271. The van der Waals surface area contributed by atoms with Gasteiger partial charge in [-0.05, 0) is 50.5 Å². The Balaban J connectivity index is 1.30. The fraction of sp³-hybridized carbons (Fsp3) is 0.400. The molecule has 2 aliphatic rings. The van der Waals surface area contributed by atoms with E-state index >= 15 is 0 Å². The average molecular weight is 417 g/mol. The number of hydrogen-bond acceptors (Lipinski definition) is 4. The Bertz CT molecular complexity index is 1170. The van der Waals surface area contributed by atoms with Gasteiger partial charge in [0.25, 0.3) is 5.56 Å². The fourth-order valence-electron chi connectivity index (χ4n) is 4.67. The van der Waals surface area contributed by atoms with Gasteiger partial charge in [-0.2, -0.15) is 0 Å². The number of rotatable bonds is 4. The summed E-state index contributed by atoms with van der Waals surface area (Å²) in [5, 5.41) is 0.646. The number of fused-ring (bicyclic) bond motifs is 1. The number of carbonyl (C=O) groups is 1. The molecule has 2 aromatic carbocycles. The highest BCUT2D eigenvalue weighted by Crippen LogP contribution is 2.49. The van der Waals surface area contributed by atoms with Crippen LogP contribution in [0.15, 0.2) is 59.7 Å². The van der Waals surface area contributed by atoms with Crippen molar-refractivity contribution in [1.82, 2.24) is 14.5 Å². The maximum atomic E-state index is 13.3. The van der Waals surface area contributed by atoms with Crippen LogP contribution in [0.4, 0.5) is 5.69 Å². The first-order chi connectivity index (χ1) is 15.0. The Hall–Kier alpha value is -3.15. The molecule has 2 fully saturated rings. The largest absolute Gasteiger partial charge is 0.368 e. The zero-order valence-corrected chi connectivity index (χ0v) is 18.1. The summed E-state index contributed by atoms with van der Waals surface area (Å²) in [6.07, 6.45) is 3.52. The minimum atomic E-state index is -0.299. The van der Waals surface area contributed by atoms with Crippen LogP contribution in [-0.4, -0.2) is 46.5 Å². The second-order valence-corrected chi connectivity index (χ2v) is 8.98. The van der Waals surface area contributed by atoms with E-state index in [4.69, 9.17) is 0 Å². The maximum absolute atomic E-state index is 13.3. The summed E-state index contributed by atoms with van der Waals surface area (Å²) >= 11 is 0. The molecule has 1 aliphatic heterocycles. The predicted molar refractivity (Wildman–Crippen MR) is 123 cm³/mol. The van der Waals surface area contributed by atoms with Crippen LogP contribution in [0.5, 0.6) is 0 Å². The van der Waals surface area contributed by atoms with E-state index in [-0.39, 0.29) is 22.9 Å². The molecular weight excluding hydrogens is 388 g/mol. The molecule has 5 rings (SSSR count). The molecule has 1 aromatic heterocycles. The molecule has 0 bridgehead atoms. The van der Waals surface area contributed by atoms with Crippen LogP contribution in [0.1, 0.15) is 38.3 Å². The van der Waals surface area contributed by atoms with Crippen molar-refractivity contribution in [2.45, 2.75) is 38.1 Å². The summed E-state index contributed by atoms with van der Waals surface area (Å²) in [6.45, 7) is 6.96. The molecule has 1 saturated carbocycles. The van der Waals surface area contributed by atoms with Gasteiger partial charge >= 0.3 is 0 Å². The zero-order valence-electron chi connectivity index (χ0n) is 18.1. The lowest BCUT2D eigenvalue weighted by Crippen LogP contribution is -2.51. The minimum absolute atomic E-state index is 0.00221. The predicted octanol–water partition coefficient (Wildman–Crippen LogP) is 3.36. The van der Waals surface area contributed by atoms with Gasteiger partial charge in [0, 0.05) is 37.9 Å². The van der Waals surface area contributed by atoms with Crippen molar-refractivity contribution in [3.8, 4) is 0 Å². The topological polar surface area (TPSA) is 58.4 Å². The zero-order chi connectivity index (χ0) is 21.6. The van der Waals surface area contributed by atoms with Crippen molar-refractivity contribution in [2.75, 3.05) is 31.1 Å². The van der Waals surface area contributed by atoms with Gasteiger partial charge in [0.2, 0.25) is 5.91 Å². The number of amides is 1. The highest BCUT2D eigenvalue weighted by atomic mass is 16.2. The molecule has 0 spiro atoms. The number of hydrogen-bond donors (Lipinski definition) is 0. The summed E-state index contributed by atoms with van der Waals surface area (Å²) in [6, 6.07) is 16.2. The molecule has 1 aliphatic carbocycles. The summed E-state index contributed by atoms with van der Waals surface area (Å²) in [5.41, 5.74) is 2.62. The van der Waals surface area contributed by atoms with E-state index in [0.717, 1.165) is 42.7 Å². The molecular formula is C25H28N4O2. The molecule has 31 heavy (non-hydrogen) atoms.